The van der Waals surface area contributed by atoms with Crippen LogP contribution < -0.4 is 0 Å². The second-order valence-corrected chi connectivity index (χ2v) is 4.70. The van der Waals surface area contributed by atoms with Crippen molar-refractivity contribution in [2.24, 2.45) is 0 Å². The molecule has 1 aromatic rings. The van der Waals surface area contributed by atoms with Crippen molar-refractivity contribution in [3.8, 4) is 0 Å². The van der Waals surface area contributed by atoms with E-state index in [1.54, 1.807) is 12.3 Å². The Morgan fingerprint density at radius 3 is 3.12 bits per heavy atom. The number of piperidine rings is 1. The highest BCUT2D eigenvalue weighted by molar-refractivity contribution is 6.30. The van der Waals surface area contributed by atoms with Gasteiger partial charge in [0, 0.05) is 23.8 Å². The maximum Gasteiger partial charge on any atom is 0.0587 e. The summed E-state index contributed by atoms with van der Waals surface area (Å²) in [5.74, 6) is 0. The monoisotopic (exact) mass is 240 g/mol. The summed E-state index contributed by atoms with van der Waals surface area (Å²) >= 11 is 5.92. The first kappa shape index (κ1) is 11.8. The Hall–Kier alpha value is -0.640. The van der Waals surface area contributed by atoms with Gasteiger partial charge >= 0.3 is 0 Å². The SMILES string of the molecule is OCC1CCCCN1Cc1cc(Cl)ccn1. The zero-order valence-electron chi connectivity index (χ0n) is 9.27. The Morgan fingerprint density at radius 2 is 2.38 bits per heavy atom. The lowest BCUT2D eigenvalue weighted by Gasteiger charge is -2.34. The molecular weight excluding hydrogens is 224 g/mol. The first-order chi connectivity index (χ1) is 7.79. The summed E-state index contributed by atoms with van der Waals surface area (Å²) in [6.45, 7) is 2.06. The summed E-state index contributed by atoms with van der Waals surface area (Å²) in [7, 11) is 0. The molecule has 0 radical (unpaired) electrons. The van der Waals surface area contributed by atoms with Crippen LogP contribution in [0.25, 0.3) is 0 Å². The Morgan fingerprint density at radius 1 is 1.50 bits per heavy atom. The molecule has 1 atom stereocenters. The van der Waals surface area contributed by atoms with Gasteiger partial charge in [-0.2, -0.15) is 0 Å². The van der Waals surface area contributed by atoms with Crippen LogP contribution in [0.1, 0.15) is 25.0 Å². The minimum atomic E-state index is 0.237. The first-order valence-electron chi connectivity index (χ1n) is 5.75. The van der Waals surface area contributed by atoms with E-state index in [9.17, 15) is 5.11 Å². The van der Waals surface area contributed by atoms with Crippen molar-refractivity contribution in [1.29, 1.82) is 0 Å². The maximum absolute atomic E-state index is 9.31. The molecule has 0 amide bonds. The van der Waals surface area contributed by atoms with Crippen molar-refractivity contribution in [1.82, 2.24) is 9.88 Å². The van der Waals surface area contributed by atoms with Gasteiger partial charge in [0.15, 0.2) is 0 Å². The van der Waals surface area contributed by atoms with Gasteiger partial charge in [-0.1, -0.05) is 18.0 Å². The number of aliphatic hydroxyl groups excluding tert-OH is 1. The third-order valence-electron chi connectivity index (χ3n) is 3.10. The standard InChI is InChI=1S/C12H17ClN2O/c13-10-4-5-14-11(7-10)8-15-6-2-1-3-12(15)9-16/h4-5,7,12,16H,1-3,6,8-9H2. The fraction of sp³-hybridized carbons (Fsp3) is 0.583. The number of aromatic nitrogens is 1. The van der Waals surface area contributed by atoms with E-state index in [2.05, 4.69) is 9.88 Å². The van der Waals surface area contributed by atoms with E-state index < -0.39 is 0 Å². The molecule has 4 heteroatoms. The lowest BCUT2D eigenvalue weighted by molar-refractivity contribution is 0.0831. The summed E-state index contributed by atoms with van der Waals surface area (Å²) in [5, 5.41) is 10.0. The average molecular weight is 241 g/mol. The third kappa shape index (κ3) is 2.94. The molecule has 0 spiro atoms. The molecule has 1 aromatic heterocycles. The summed E-state index contributed by atoms with van der Waals surface area (Å²) in [6.07, 6.45) is 5.23. The molecule has 0 aliphatic carbocycles. The normalized spacial score (nSPS) is 22.2. The zero-order chi connectivity index (χ0) is 11.4. The fourth-order valence-electron chi connectivity index (χ4n) is 2.22. The van der Waals surface area contributed by atoms with E-state index >= 15 is 0 Å². The van der Waals surface area contributed by atoms with Crippen molar-refractivity contribution in [2.75, 3.05) is 13.2 Å². The van der Waals surface area contributed by atoms with Crippen molar-refractivity contribution in [3.05, 3.63) is 29.0 Å². The average Bonchev–Trinajstić information content (AvgIpc) is 2.30. The molecule has 3 nitrogen and oxygen atoms in total. The number of likely N-dealkylation sites (tertiary alicyclic amines) is 1. The smallest absolute Gasteiger partial charge is 0.0587 e. The van der Waals surface area contributed by atoms with Crippen LogP contribution in [0.4, 0.5) is 0 Å². The molecule has 0 bridgehead atoms. The lowest BCUT2D eigenvalue weighted by Crippen LogP contribution is -2.41. The highest BCUT2D eigenvalue weighted by Crippen LogP contribution is 2.19. The van der Waals surface area contributed by atoms with E-state index in [4.69, 9.17) is 11.6 Å². The second-order valence-electron chi connectivity index (χ2n) is 4.27. The summed E-state index contributed by atoms with van der Waals surface area (Å²) in [6, 6.07) is 3.96. The van der Waals surface area contributed by atoms with Gasteiger partial charge in [0.1, 0.15) is 0 Å². The molecule has 0 aromatic carbocycles. The number of hydrogen-bond acceptors (Lipinski definition) is 3. The molecule has 1 saturated heterocycles. The predicted octanol–water partition coefficient (Wildman–Crippen LogP) is 2.08. The molecule has 1 unspecified atom stereocenters. The molecule has 1 fully saturated rings. The van der Waals surface area contributed by atoms with E-state index in [1.807, 2.05) is 6.07 Å². The quantitative estimate of drug-likeness (QED) is 0.879. The largest absolute Gasteiger partial charge is 0.395 e. The summed E-state index contributed by atoms with van der Waals surface area (Å²) in [4.78, 5) is 6.59. The van der Waals surface area contributed by atoms with Crippen molar-refractivity contribution in [2.45, 2.75) is 31.8 Å². The van der Waals surface area contributed by atoms with Crippen LogP contribution in [0.5, 0.6) is 0 Å². The van der Waals surface area contributed by atoms with Crippen LogP contribution in [0, 0.1) is 0 Å². The Balaban J connectivity index is 2.02. The lowest BCUT2D eigenvalue weighted by atomic mass is 10.0. The Bertz CT molecular complexity index is 346. The van der Waals surface area contributed by atoms with E-state index in [0.29, 0.717) is 0 Å². The number of rotatable bonds is 3. The Kier molecular flexibility index (Phi) is 4.16. The summed E-state index contributed by atoms with van der Waals surface area (Å²) in [5.41, 5.74) is 0.979. The van der Waals surface area contributed by atoms with Crippen molar-refractivity contribution in [3.63, 3.8) is 0 Å². The van der Waals surface area contributed by atoms with Gasteiger partial charge in [-0.05, 0) is 31.5 Å². The highest BCUT2D eigenvalue weighted by atomic mass is 35.5. The second kappa shape index (κ2) is 5.62. The molecule has 16 heavy (non-hydrogen) atoms. The first-order valence-corrected chi connectivity index (χ1v) is 6.13. The predicted molar refractivity (Wildman–Crippen MR) is 64.4 cm³/mol. The number of nitrogens with zero attached hydrogens (tertiary/aromatic N) is 2. The molecule has 1 aliphatic rings. The molecule has 2 rings (SSSR count). The van der Waals surface area contributed by atoms with Gasteiger partial charge in [0.05, 0.1) is 12.3 Å². The van der Waals surface area contributed by atoms with E-state index in [-0.39, 0.29) is 12.6 Å². The molecule has 0 saturated carbocycles. The zero-order valence-corrected chi connectivity index (χ0v) is 10.0. The van der Waals surface area contributed by atoms with Crippen molar-refractivity contribution < 1.29 is 5.11 Å². The molecule has 88 valence electrons. The number of pyridine rings is 1. The van der Waals surface area contributed by atoms with Crippen LogP contribution in [-0.4, -0.2) is 34.2 Å². The number of halogens is 1. The molecule has 1 N–H and O–H groups in total. The molecule has 2 heterocycles. The number of aliphatic hydroxyl groups is 1. The third-order valence-corrected chi connectivity index (χ3v) is 3.34. The van der Waals surface area contributed by atoms with Crippen LogP contribution >= 0.6 is 11.6 Å². The highest BCUT2D eigenvalue weighted by Gasteiger charge is 2.21. The Labute approximate surface area is 101 Å². The van der Waals surface area contributed by atoms with Crippen molar-refractivity contribution >= 4 is 11.6 Å². The minimum Gasteiger partial charge on any atom is -0.395 e. The van der Waals surface area contributed by atoms with E-state index in [1.165, 1.54) is 12.8 Å². The van der Waals surface area contributed by atoms with Crippen LogP contribution in [-0.2, 0) is 6.54 Å². The van der Waals surface area contributed by atoms with Gasteiger partial charge in [-0.15, -0.1) is 0 Å². The van der Waals surface area contributed by atoms with Gasteiger partial charge in [-0.3, -0.25) is 9.88 Å². The fourth-order valence-corrected chi connectivity index (χ4v) is 2.40. The van der Waals surface area contributed by atoms with Crippen LogP contribution in [0.3, 0.4) is 0 Å². The van der Waals surface area contributed by atoms with Crippen LogP contribution in [0.2, 0.25) is 5.02 Å². The topological polar surface area (TPSA) is 36.4 Å². The van der Waals surface area contributed by atoms with Crippen LogP contribution in [0.15, 0.2) is 18.3 Å². The number of hydrogen-bond donors (Lipinski definition) is 1. The summed E-state index contributed by atoms with van der Waals surface area (Å²) < 4.78 is 0. The van der Waals surface area contributed by atoms with Gasteiger partial charge in [0.25, 0.3) is 0 Å². The molecule has 1 aliphatic heterocycles. The van der Waals surface area contributed by atoms with Gasteiger partial charge < -0.3 is 5.11 Å². The van der Waals surface area contributed by atoms with Gasteiger partial charge in [-0.25, -0.2) is 0 Å². The van der Waals surface area contributed by atoms with E-state index in [0.717, 1.165) is 30.2 Å². The minimum absolute atomic E-state index is 0.237. The van der Waals surface area contributed by atoms with Gasteiger partial charge in [0.2, 0.25) is 0 Å². The molecular formula is C12H17ClN2O. The maximum atomic E-state index is 9.31.